The Morgan fingerprint density at radius 1 is 0.939 bits per heavy atom. The number of hydrogen-bond donors (Lipinski definition) is 2. The lowest BCUT2D eigenvalue weighted by Gasteiger charge is -2.24. The van der Waals surface area contributed by atoms with Crippen molar-refractivity contribution in [2.75, 3.05) is 24.9 Å². The van der Waals surface area contributed by atoms with Crippen LogP contribution in [-0.4, -0.2) is 25.1 Å². The van der Waals surface area contributed by atoms with E-state index < -0.39 is 0 Å². The number of thiophene rings is 1. The summed E-state index contributed by atoms with van der Waals surface area (Å²) in [5.74, 6) is 1.80. The topological polar surface area (TPSA) is 72.5 Å². The van der Waals surface area contributed by atoms with Gasteiger partial charge in [-0.25, -0.2) is 4.98 Å². The van der Waals surface area contributed by atoms with E-state index in [9.17, 15) is 4.79 Å². The molecule has 2 aromatic heterocycles. The number of aromatic nitrogens is 1. The van der Waals surface area contributed by atoms with E-state index in [4.69, 9.17) is 9.47 Å². The number of benzene rings is 2. The number of rotatable bonds is 8. The number of pyridine rings is 1. The van der Waals surface area contributed by atoms with Gasteiger partial charge in [-0.1, -0.05) is 36.4 Å². The molecule has 0 spiro atoms. The Bertz CT molecular complexity index is 1230. The van der Waals surface area contributed by atoms with Gasteiger partial charge in [0.15, 0.2) is 11.5 Å². The van der Waals surface area contributed by atoms with E-state index in [0.717, 1.165) is 21.0 Å². The van der Waals surface area contributed by atoms with Crippen LogP contribution in [0.1, 0.15) is 32.4 Å². The van der Waals surface area contributed by atoms with Crippen molar-refractivity contribution in [2.45, 2.75) is 13.0 Å². The molecule has 0 aliphatic carbocycles. The Kier molecular flexibility index (Phi) is 6.90. The third-order valence-corrected chi connectivity index (χ3v) is 6.14. The normalized spacial score (nSPS) is 11.5. The molecule has 0 aliphatic heterocycles. The SMILES string of the molecule is COc1cccc(C(Nc2ccccn2)c2cc(C)sc2NC(=O)c2ccccc2)c1OC. The molecule has 2 aromatic carbocycles. The molecule has 0 aliphatic rings. The minimum Gasteiger partial charge on any atom is -0.493 e. The summed E-state index contributed by atoms with van der Waals surface area (Å²) in [6, 6.07) is 22.4. The molecule has 0 saturated carbocycles. The first-order valence-corrected chi connectivity index (χ1v) is 11.3. The van der Waals surface area contributed by atoms with Crippen LogP contribution in [0.25, 0.3) is 0 Å². The molecule has 4 aromatic rings. The van der Waals surface area contributed by atoms with Crippen molar-refractivity contribution in [2.24, 2.45) is 0 Å². The molecule has 0 saturated heterocycles. The molecule has 1 amide bonds. The minimum atomic E-state index is -0.346. The van der Waals surface area contributed by atoms with Crippen LogP contribution in [0, 0.1) is 6.92 Å². The van der Waals surface area contributed by atoms with Gasteiger partial charge in [0.25, 0.3) is 5.91 Å². The second-order valence-electron chi connectivity index (χ2n) is 7.34. The van der Waals surface area contributed by atoms with E-state index in [1.165, 1.54) is 11.3 Å². The Balaban J connectivity index is 1.80. The minimum absolute atomic E-state index is 0.159. The summed E-state index contributed by atoms with van der Waals surface area (Å²) in [5, 5.41) is 7.37. The van der Waals surface area contributed by atoms with E-state index in [0.29, 0.717) is 22.9 Å². The number of anilines is 2. The van der Waals surface area contributed by atoms with Gasteiger partial charge in [0, 0.05) is 27.8 Å². The Morgan fingerprint density at radius 2 is 1.73 bits per heavy atom. The summed E-state index contributed by atoms with van der Waals surface area (Å²) in [5.41, 5.74) is 2.39. The van der Waals surface area contributed by atoms with E-state index in [2.05, 4.69) is 21.7 Å². The summed E-state index contributed by atoms with van der Waals surface area (Å²) in [4.78, 5) is 18.5. The number of carbonyl (C=O) groups is 1. The maximum absolute atomic E-state index is 12.9. The van der Waals surface area contributed by atoms with Crippen molar-refractivity contribution in [3.63, 3.8) is 0 Å². The van der Waals surface area contributed by atoms with Crippen LogP contribution < -0.4 is 20.1 Å². The Labute approximate surface area is 197 Å². The van der Waals surface area contributed by atoms with E-state index in [1.807, 2.05) is 61.5 Å². The molecule has 6 nitrogen and oxygen atoms in total. The van der Waals surface area contributed by atoms with Crippen molar-refractivity contribution >= 4 is 28.1 Å². The van der Waals surface area contributed by atoms with Gasteiger partial charge < -0.3 is 20.1 Å². The molecule has 33 heavy (non-hydrogen) atoms. The van der Waals surface area contributed by atoms with E-state index in [1.54, 1.807) is 32.5 Å². The number of nitrogens with zero attached hydrogens (tertiary/aromatic N) is 1. The zero-order valence-electron chi connectivity index (χ0n) is 18.7. The van der Waals surface area contributed by atoms with Gasteiger partial charge in [0.1, 0.15) is 10.8 Å². The standard InChI is InChI=1S/C26H25N3O3S/c1-17-16-20(26(33-17)29-25(30)18-10-5-4-6-11-18)23(28-22-14-7-8-15-27-22)19-12-9-13-21(31-2)24(19)32-3/h4-16,23H,1-3H3,(H,27,28)(H,29,30). The van der Waals surface area contributed by atoms with Crippen molar-refractivity contribution in [1.29, 1.82) is 0 Å². The van der Waals surface area contributed by atoms with Crippen LogP contribution in [0.4, 0.5) is 10.8 Å². The van der Waals surface area contributed by atoms with Crippen molar-refractivity contribution in [3.05, 3.63) is 101 Å². The third kappa shape index (κ3) is 4.99. The average molecular weight is 460 g/mol. The highest BCUT2D eigenvalue weighted by Crippen LogP contribution is 2.43. The van der Waals surface area contributed by atoms with Crippen molar-refractivity contribution < 1.29 is 14.3 Å². The largest absolute Gasteiger partial charge is 0.493 e. The highest BCUT2D eigenvalue weighted by molar-refractivity contribution is 7.16. The molecule has 4 rings (SSSR count). The van der Waals surface area contributed by atoms with Crippen LogP contribution in [-0.2, 0) is 0 Å². The van der Waals surface area contributed by atoms with Gasteiger partial charge in [-0.3, -0.25) is 4.79 Å². The van der Waals surface area contributed by atoms with Crippen LogP contribution >= 0.6 is 11.3 Å². The number of amides is 1. The smallest absolute Gasteiger partial charge is 0.256 e. The fraction of sp³-hybridized carbons (Fsp3) is 0.154. The van der Waals surface area contributed by atoms with Crippen LogP contribution in [0.3, 0.4) is 0 Å². The summed E-state index contributed by atoms with van der Waals surface area (Å²) in [7, 11) is 3.24. The number of ether oxygens (including phenoxy) is 2. The van der Waals surface area contributed by atoms with Gasteiger partial charge in [-0.05, 0) is 43.3 Å². The highest BCUT2D eigenvalue weighted by Gasteiger charge is 2.26. The summed E-state index contributed by atoms with van der Waals surface area (Å²) >= 11 is 1.53. The second-order valence-corrected chi connectivity index (χ2v) is 8.59. The Hall–Kier alpha value is -3.84. The first-order valence-electron chi connectivity index (χ1n) is 10.5. The number of methoxy groups -OCH3 is 2. The maximum Gasteiger partial charge on any atom is 0.256 e. The zero-order valence-corrected chi connectivity index (χ0v) is 19.5. The molecule has 2 N–H and O–H groups in total. The first-order chi connectivity index (χ1) is 16.1. The molecule has 1 atom stereocenters. The first kappa shape index (κ1) is 22.4. The van der Waals surface area contributed by atoms with Crippen LogP contribution in [0.15, 0.2) is 79.0 Å². The monoisotopic (exact) mass is 459 g/mol. The molecule has 0 bridgehead atoms. The quantitative estimate of drug-likeness (QED) is 0.342. The average Bonchev–Trinajstić information content (AvgIpc) is 3.22. The molecule has 0 radical (unpaired) electrons. The fourth-order valence-corrected chi connectivity index (χ4v) is 4.62. The molecule has 7 heteroatoms. The second kappa shape index (κ2) is 10.2. The number of hydrogen-bond acceptors (Lipinski definition) is 6. The van der Waals surface area contributed by atoms with Gasteiger partial charge in [0.05, 0.1) is 20.3 Å². The van der Waals surface area contributed by atoms with Crippen LogP contribution in [0.2, 0.25) is 0 Å². The summed E-state index contributed by atoms with van der Waals surface area (Å²) < 4.78 is 11.3. The summed E-state index contributed by atoms with van der Waals surface area (Å²) in [6.07, 6.45) is 1.74. The lowest BCUT2D eigenvalue weighted by molar-refractivity contribution is 0.102. The van der Waals surface area contributed by atoms with Crippen molar-refractivity contribution in [3.8, 4) is 11.5 Å². The third-order valence-electron chi connectivity index (χ3n) is 5.16. The van der Waals surface area contributed by atoms with Crippen molar-refractivity contribution in [1.82, 2.24) is 4.98 Å². The maximum atomic E-state index is 12.9. The van der Waals surface area contributed by atoms with E-state index >= 15 is 0 Å². The molecular weight excluding hydrogens is 434 g/mol. The van der Waals surface area contributed by atoms with E-state index in [-0.39, 0.29) is 11.9 Å². The summed E-state index contributed by atoms with van der Waals surface area (Å²) in [6.45, 7) is 2.02. The van der Waals surface area contributed by atoms with Gasteiger partial charge in [-0.2, -0.15) is 0 Å². The number of carbonyl (C=O) groups excluding carboxylic acids is 1. The highest BCUT2D eigenvalue weighted by atomic mass is 32.1. The number of aryl methyl sites for hydroxylation is 1. The molecule has 0 fully saturated rings. The predicted octanol–water partition coefficient (Wildman–Crippen LogP) is 5.92. The number of nitrogens with one attached hydrogen (secondary N) is 2. The lowest BCUT2D eigenvalue weighted by Crippen LogP contribution is -2.17. The zero-order chi connectivity index (χ0) is 23.2. The lowest BCUT2D eigenvalue weighted by atomic mass is 9.98. The molecule has 168 valence electrons. The number of para-hydroxylation sites is 1. The van der Waals surface area contributed by atoms with Gasteiger partial charge >= 0.3 is 0 Å². The predicted molar refractivity (Wildman–Crippen MR) is 133 cm³/mol. The van der Waals surface area contributed by atoms with Gasteiger partial charge in [0.2, 0.25) is 0 Å². The Morgan fingerprint density at radius 3 is 2.42 bits per heavy atom. The van der Waals surface area contributed by atoms with Crippen LogP contribution in [0.5, 0.6) is 11.5 Å². The molecule has 2 heterocycles. The van der Waals surface area contributed by atoms with Gasteiger partial charge in [-0.15, -0.1) is 11.3 Å². The molecular formula is C26H25N3O3S. The fourth-order valence-electron chi connectivity index (χ4n) is 3.67. The molecule has 1 unspecified atom stereocenters.